The zero-order chi connectivity index (χ0) is 22.0. The maximum absolute atomic E-state index is 12.8. The summed E-state index contributed by atoms with van der Waals surface area (Å²) < 4.78 is 5.01. The van der Waals surface area contributed by atoms with Crippen molar-refractivity contribution in [3.63, 3.8) is 0 Å². The van der Waals surface area contributed by atoms with E-state index in [-0.39, 0.29) is 11.9 Å². The summed E-state index contributed by atoms with van der Waals surface area (Å²) in [4.78, 5) is 30.9. The van der Waals surface area contributed by atoms with Crippen LogP contribution in [0.25, 0.3) is 0 Å². The molecule has 1 fully saturated rings. The summed E-state index contributed by atoms with van der Waals surface area (Å²) in [6.07, 6.45) is 2.87. The fraction of sp³-hybridized carbons (Fsp3) is 0.478. The van der Waals surface area contributed by atoms with Gasteiger partial charge in [-0.15, -0.1) is 11.3 Å². The zero-order valence-corrected chi connectivity index (χ0v) is 19.5. The van der Waals surface area contributed by atoms with Crippen molar-refractivity contribution in [1.82, 2.24) is 4.90 Å². The molecule has 0 spiro atoms. The molecule has 0 radical (unpaired) electrons. The van der Waals surface area contributed by atoms with Crippen molar-refractivity contribution < 1.29 is 14.3 Å². The van der Waals surface area contributed by atoms with Crippen LogP contribution in [0.1, 0.15) is 34.1 Å². The molecule has 2 aliphatic rings. The van der Waals surface area contributed by atoms with Gasteiger partial charge < -0.3 is 15.0 Å². The number of methoxy groups -OCH3 is 1. The van der Waals surface area contributed by atoms with Crippen LogP contribution in [-0.4, -0.2) is 56.6 Å². The molecule has 31 heavy (non-hydrogen) atoms. The summed E-state index contributed by atoms with van der Waals surface area (Å²) >= 11 is 7.51. The monoisotopic (exact) mass is 461 g/mol. The van der Waals surface area contributed by atoms with E-state index in [1.165, 1.54) is 23.3 Å². The van der Waals surface area contributed by atoms with Gasteiger partial charge >= 0.3 is 5.97 Å². The highest BCUT2D eigenvalue weighted by molar-refractivity contribution is 7.17. The average Bonchev–Trinajstić information content (AvgIpc) is 3.11. The van der Waals surface area contributed by atoms with E-state index < -0.39 is 0 Å². The highest BCUT2D eigenvalue weighted by Crippen LogP contribution is 2.40. The second kappa shape index (κ2) is 9.59. The van der Waals surface area contributed by atoms with Crippen LogP contribution < -0.4 is 10.2 Å². The Labute approximate surface area is 192 Å². The Balaban J connectivity index is 1.37. The number of hydrogen-bond acceptors (Lipinski definition) is 6. The van der Waals surface area contributed by atoms with Gasteiger partial charge in [-0.25, -0.2) is 4.79 Å². The van der Waals surface area contributed by atoms with Gasteiger partial charge in [0.1, 0.15) is 5.00 Å². The number of carbonyl (C=O) groups excluding carboxylic acids is 2. The highest BCUT2D eigenvalue weighted by atomic mass is 35.5. The summed E-state index contributed by atoms with van der Waals surface area (Å²) in [5.74, 6) is 0.146. The van der Waals surface area contributed by atoms with Crippen LogP contribution in [0.4, 0.5) is 10.7 Å². The molecule has 1 unspecified atom stereocenters. The summed E-state index contributed by atoms with van der Waals surface area (Å²) in [6.45, 7) is 5.86. The minimum Gasteiger partial charge on any atom is -0.465 e. The maximum atomic E-state index is 12.8. The van der Waals surface area contributed by atoms with Crippen molar-refractivity contribution in [2.75, 3.05) is 50.1 Å². The number of benzene rings is 1. The summed E-state index contributed by atoms with van der Waals surface area (Å²) in [5.41, 5.74) is 2.76. The molecule has 4 rings (SSSR count). The fourth-order valence-corrected chi connectivity index (χ4v) is 5.88. The largest absolute Gasteiger partial charge is 0.465 e. The van der Waals surface area contributed by atoms with Gasteiger partial charge in [0.2, 0.25) is 5.91 Å². The number of piperazine rings is 1. The average molecular weight is 462 g/mol. The molecule has 1 aromatic heterocycles. The van der Waals surface area contributed by atoms with Crippen LogP contribution in [0, 0.1) is 5.92 Å². The number of anilines is 2. The van der Waals surface area contributed by atoms with Gasteiger partial charge in [-0.2, -0.15) is 0 Å². The number of amides is 1. The Kier molecular flexibility index (Phi) is 6.84. The first-order chi connectivity index (χ1) is 14.9. The van der Waals surface area contributed by atoms with Crippen LogP contribution in [0.5, 0.6) is 0 Å². The zero-order valence-electron chi connectivity index (χ0n) is 17.9. The van der Waals surface area contributed by atoms with Crippen LogP contribution >= 0.6 is 22.9 Å². The SMILES string of the molecule is COC(=O)c1c(NC(=O)CN2CCN(c3ccc(Cl)cc3)CC2)sc2c1CCC(C)C2. The first-order valence-electron chi connectivity index (χ1n) is 10.7. The van der Waals surface area contributed by atoms with E-state index in [0.717, 1.165) is 61.7 Å². The predicted octanol–water partition coefficient (Wildman–Crippen LogP) is 4.07. The molecule has 166 valence electrons. The third-order valence-electron chi connectivity index (χ3n) is 6.09. The Bertz CT molecular complexity index is 952. The number of carbonyl (C=O) groups is 2. The molecule has 6 nitrogen and oxygen atoms in total. The molecule has 0 bridgehead atoms. The first-order valence-corrected chi connectivity index (χ1v) is 11.9. The number of fused-ring (bicyclic) bond motifs is 1. The van der Waals surface area contributed by atoms with Gasteiger partial charge in [-0.1, -0.05) is 18.5 Å². The highest BCUT2D eigenvalue weighted by Gasteiger charge is 2.29. The molecular weight excluding hydrogens is 434 g/mol. The number of rotatable bonds is 5. The van der Waals surface area contributed by atoms with Gasteiger partial charge in [-0.3, -0.25) is 9.69 Å². The third kappa shape index (κ3) is 5.05. The predicted molar refractivity (Wildman–Crippen MR) is 126 cm³/mol. The molecule has 1 aromatic carbocycles. The smallest absolute Gasteiger partial charge is 0.341 e. The van der Waals surface area contributed by atoms with Gasteiger partial charge in [0.25, 0.3) is 0 Å². The molecule has 2 heterocycles. The Morgan fingerprint density at radius 1 is 1.19 bits per heavy atom. The van der Waals surface area contributed by atoms with Gasteiger partial charge in [0.05, 0.1) is 19.2 Å². The molecule has 1 aliphatic carbocycles. The maximum Gasteiger partial charge on any atom is 0.341 e. The normalized spacial score (nSPS) is 19.1. The Morgan fingerprint density at radius 3 is 2.58 bits per heavy atom. The molecule has 2 aromatic rings. The Morgan fingerprint density at radius 2 is 1.90 bits per heavy atom. The number of ether oxygens (including phenoxy) is 1. The van der Waals surface area contributed by atoms with E-state index in [2.05, 4.69) is 22.0 Å². The minimum absolute atomic E-state index is 0.0864. The van der Waals surface area contributed by atoms with Crippen molar-refractivity contribution >= 4 is 45.5 Å². The lowest BCUT2D eigenvalue weighted by atomic mass is 9.88. The quantitative estimate of drug-likeness (QED) is 0.680. The van der Waals surface area contributed by atoms with Gasteiger partial charge in [0.15, 0.2) is 0 Å². The van der Waals surface area contributed by atoms with Crippen LogP contribution in [0.15, 0.2) is 24.3 Å². The van der Waals surface area contributed by atoms with Gasteiger partial charge in [-0.05, 0) is 55.0 Å². The molecular formula is C23H28ClN3O3S. The topological polar surface area (TPSA) is 61.9 Å². The van der Waals surface area contributed by atoms with Crippen molar-refractivity contribution in [2.24, 2.45) is 5.92 Å². The summed E-state index contributed by atoms with van der Waals surface area (Å²) in [7, 11) is 1.39. The fourth-order valence-electron chi connectivity index (χ4n) is 4.34. The summed E-state index contributed by atoms with van der Waals surface area (Å²) in [6, 6.07) is 7.85. The number of halogens is 1. The van der Waals surface area contributed by atoms with E-state index in [9.17, 15) is 9.59 Å². The number of thiophene rings is 1. The van der Waals surface area contributed by atoms with Gasteiger partial charge in [0, 0.05) is 41.8 Å². The number of hydrogen-bond donors (Lipinski definition) is 1. The molecule has 8 heteroatoms. The molecule has 1 aliphatic heterocycles. The van der Waals surface area contributed by atoms with E-state index in [1.54, 1.807) is 0 Å². The lowest BCUT2D eigenvalue weighted by Crippen LogP contribution is -2.48. The lowest BCUT2D eigenvalue weighted by molar-refractivity contribution is -0.117. The van der Waals surface area contributed by atoms with Crippen molar-refractivity contribution in [3.05, 3.63) is 45.3 Å². The first kappa shape index (κ1) is 22.1. The van der Waals surface area contributed by atoms with E-state index >= 15 is 0 Å². The van der Waals surface area contributed by atoms with Crippen LogP contribution in [0.2, 0.25) is 5.02 Å². The minimum atomic E-state index is -0.362. The Hall–Kier alpha value is -2.09. The number of esters is 1. The molecule has 1 N–H and O–H groups in total. The number of nitrogens with zero attached hydrogens (tertiary/aromatic N) is 2. The van der Waals surface area contributed by atoms with Crippen molar-refractivity contribution in [2.45, 2.75) is 26.2 Å². The van der Waals surface area contributed by atoms with Crippen molar-refractivity contribution in [1.29, 1.82) is 0 Å². The summed E-state index contributed by atoms with van der Waals surface area (Å²) in [5, 5.41) is 4.37. The van der Waals surface area contributed by atoms with E-state index in [4.69, 9.17) is 16.3 Å². The van der Waals surface area contributed by atoms with Crippen LogP contribution in [-0.2, 0) is 22.4 Å². The molecule has 1 amide bonds. The van der Waals surface area contributed by atoms with Crippen molar-refractivity contribution in [3.8, 4) is 0 Å². The molecule has 0 saturated carbocycles. The van der Waals surface area contributed by atoms with E-state index in [0.29, 0.717) is 23.0 Å². The lowest BCUT2D eigenvalue weighted by Gasteiger charge is -2.35. The molecule has 1 atom stereocenters. The number of nitrogens with one attached hydrogen (secondary N) is 1. The van der Waals surface area contributed by atoms with E-state index in [1.807, 2.05) is 24.3 Å². The second-order valence-corrected chi connectivity index (χ2v) is 9.88. The third-order valence-corrected chi connectivity index (χ3v) is 7.51. The molecule has 1 saturated heterocycles. The van der Waals surface area contributed by atoms with Crippen LogP contribution in [0.3, 0.4) is 0 Å². The second-order valence-electron chi connectivity index (χ2n) is 8.34. The standard InChI is InChI=1S/C23H28ClN3O3S/c1-15-3-8-18-19(13-15)31-22(21(18)23(29)30-2)25-20(28)14-26-9-11-27(12-10-26)17-6-4-16(24)5-7-17/h4-7,15H,3,8-14H2,1-2H3,(H,25,28).